The lowest BCUT2D eigenvalue weighted by molar-refractivity contribution is 0.0381. The van der Waals surface area contributed by atoms with Gasteiger partial charge in [0.25, 0.3) is 0 Å². The Hall–Kier alpha value is -1.20. The number of hydrogen-bond donors (Lipinski definition) is 1. The second-order valence-electron chi connectivity index (χ2n) is 5.52. The molecule has 1 N–H and O–H groups in total. The van der Waals surface area contributed by atoms with Gasteiger partial charge in [-0.05, 0) is 12.5 Å². The van der Waals surface area contributed by atoms with E-state index in [0.717, 1.165) is 30.9 Å². The minimum Gasteiger partial charge on any atom is -0.375 e. The molecule has 0 saturated carbocycles. The lowest BCUT2D eigenvalue weighted by Crippen LogP contribution is -2.43. The zero-order chi connectivity index (χ0) is 14.5. The first-order valence-corrected chi connectivity index (χ1v) is 7.34. The van der Waals surface area contributed by atoms with Gasteiger partial charge in [-0.15, -0.1) is 0 Å². The van der Waals surface area contributed by atoms with E-state index in [0.29, 0.717) is 19.2 Å². The molecule has 5 heteroatoms. The molecule has 1 atom stereocenters. The molecule has 4 nitrogen and oxygen atoms in total. The van der Waals surface area contributed by atoms with Gasteiger partial charge in [-0.2, -0.15) is 0 Å². The van der Waals surface area contributed by atoms with Gasteiger partial charge in [0.1, 0.15) is 11.6 Å². The first-order valence-electron chi connectivity index (χ1n) is 7.34. The average molecular weight is 281 g/mol. The Balaban J connectivity index is 2.16. The number of aromatic nitrogens is 1. The Bertz CT molecular complexity index is 439. The van der Waals surface area contributed by atoms with Crippen molar-refractivity contribution in [3.8, 4) is 0 Å². The van der Waals surface area contributed by atoms with Crippen LogP contribution < -0.4 is 10.2 Å². The number of nitrogens with one attached hydrogen (secondary N) is 1. The molecule has 0 amide bonds. The molecule has 0 aromatic carbocycles. The van der Waals surface area contributed by atoms with Crippen LogP contribution in [0.15, 0.2) is 12.3 Å². The summed E-state index contributed by atoms with van der Waals surface area (Å²) in [7, 11) is 0. The van der Waals surface area contributed by atoms with Crippen LogP contribution in [0.25, 0.3) is 0 Å². The molecule has 0 radical (unpaired) electrons. The van der Waals surface area contributed by atoms with Crippen molar-refractivity contribution in [1.29, 1.82) is 0 Å². The van der Waals surface area contributed by atoms with E-state index in [1.807, 2.05) is 0 Å². The summed E-state index contributed by atoms with van der Waals surface area (Å²) < 4.78 is 19.1. The Labute approximate surface area is 120 Å². The van der Waals surface area contributed by atoms with Crippen LogP contribution >= 0.6 is 0 Å². The third-order valence-corrected chi connectivity index (χ3v) is 3.50. The number of nitrogens with zero attached hydrogens (tertiary/aromatic N) is 2. The maximum Gasteiger partial charge on any atom is 0.141 e. The summed E-state index contributed by atoms with van der Waals surface area (Å²) in [6.45, 7) is 9.24. The topological polar surface area (TPSA) is 37.4 Å². The second kappa shape index (κ2) is 6.99. The van der Waals surface area contributed by atoms with Gasteiger partial charge in [0.05, 0.1) is 18.9 Å². The molecule has 1 saturated heterocycles. The third-order valence-electron chi connectivity index (χ3n) is 3.50. The Morgan fingerprint density at radius 3 is 3.05 bits per heavy atom. The molecule has 112 valence electrons. The second-order valence-corrected chi connectivity index (χ2v) is 5.52. The van der Waals surface area contributed by atoms with Gasteiger partial charge in [0, 0.05) is 31.2 Å². The maximum atomic E-state index is 13.4. The quantitative estimate of drug-likeness (QED) is 0.899. The van der Waals surface area contributed by atoms with Gasteiger partial charge in [-0.3, -0.25) is 0 Å². The van der Waals surface area contributed by atoms with E-state index in [-0.39, 0.29) is 11.9 Å². The highest BCUT2D eigenvalue weighted by molar-refractivity contribution is 5.47. The largest absolute Gasteiger partial charge is 0.375 e. The third kappa shape index (κ3) is 3.90. The summed E-state index contributed by atoms with van der Waals surface area (Å²) in [6, 6.07) is 1.94. The van der Waals surface area contributed by atoms with Crippen molar-refractivity contribution in [2.75, 3.05) is 24.6 Å². The lowest BCUT2D eigenvalue weighted by atomic mass is 10.1. The highest BCUT2D eigenvalue weighted by Gasteiger charge is 2.22. The Kier molecular flexibility index (Phi) is 5.31. The molecule has 2 rings (SSSR count). The van der Waals surface area contributed by atoms with Crippen LogP contribution in [0.5, 0.6) is 0 Å². The van der Waals surface area contributed by atoms with E-state index in [2.05, 4.69) is 36.0 Å². The van der Waals surface area contributed by atoms with Crippen LogP contribution in [0.4, 0.5) is 10.2 Å². The summed E-state index contributed by atoms with van der Waals surface area (Å²) in [5, 5.41) is 3.33. The fourth-order valence-electron chi connectivity index (χ4n) is 2.36. The van der Waals surface area contributed by atoms with Gasteiger partial charge in [-0.25, -0.2) is 9.37 Å². The molecule has 1 unspecified atom stereocenters. The summed E-state index contributed by atoms with van der Waals surface area (Å²) in [6.07, 6.45) is 2.52. The number of morpholine rings is 1. The van der Waals surface area contributed by atoms with Crippen molar-refractivity contribution in [3.63, 3.8) is 0 Å². The lowest BCUT2D eigenvalue weighted by Gasteiger charge is -2.34. The molecule has 0 bridgehead atoms. The smallest absolute Gasteiger partial charge is 0.141 e. The summed E-state index contributed by atoms with van der Waals surface area (Å²) in [4.78, 5) is 6.51. The molecule has 1 aromatic rings. The van der Waals surface area contributed by atoms with Crippen LogP contribution in [-0.4, -0.2) is 36.8 Å². The van der Waals surface area contributed by atoms with Crippen LogP contribution in [0.3, 0.4) is 0 Å². The fourth-order valence-corrected chi connectivity index (χ4v) is 2.36. The first-order chi connectivity index (χ1) is 9.60. The summed E-state index contributed by atoms with van der Waals surface area (Å²) in [5.74, 6) is 0.593. The van der Waals surface area contributed by atoms with Crippen molar-refractivity contribution >= 4 is 5.82 Å². The minimum absolute atomic E-state index is 0.238. The van der Waals surface area contributed by atoms with Crippen LogP contribution in [0.1, 0.15) is 32.8 Å². The van der Waals surface area contributed by atoms with Crippen LogP contribution in [0.2, 0.25) is 0 Å². The molecule has 1 aliphatic rings. The zero-order valence-corrected chi connectivity index (χ0v) is 12.5. The van der Waals surface area contributed by atoms with Crippen LogP contribution in [0, 0.1) is 5.82 Å². The molecule has 0 spiro atoms. The number of rotatable bonds is 5. The number of halogens is 1. The first kappa shape index (κ1) is 15.2. The molecule has 1 aromatic heterocycles. The van der Waals surface area contributed by atoms with E-state index < -0.39 is 0 Å². The monoisotopic (exact) mass is 281 g/mol. The number of anilines is 1. The van der Waals surface area contributed by atoms with Crippen molar-refractivity contribution in [1.82, 2.24) is 10.3 Å². The maximum absolute atomic E-state index is 13.4. The average Bonchev–Trinajstić information content (AvgIpc) is 2.45. The Morgan fingerprint density at radius 1 is 1.55 bits per heavy atom. The Morgan fingerprint density at radius 2 is 2.35 bits per heavy atom. The highest BCUT2D eigenvalue weighted by atomic mass is 19.1. The van der Waals surface area contributed by atoms with Crippen molar-refractivity contribution in [2.45, 2.75) is 45.9 Å². The van der Waals surface area contributed by atoms with Crippen molar-refractivity contribution < 1.29 is 9.13 Å². The van der Waals surface area contributed by atoms with Gasteiger partial charge in [0.2, 0.25) is 0 Å². The number of pyridine rings is 1. The normalized spacial score (nSPS) is 19.6. The van der Waals surface area contributed by atoms with Crippen molar-refractivity contribution in [3.05, 3.63) is 23.6 Å². The van der Waals surface area contributed by atoms with Gasteiger partial charge in [0.15, 0.2) is 0 Å². The van der Waals surface area contributed by atoms with E-state index in [9.17, 15) is 4.39 Å². The van der Waals surface area contributed by atoms with E-state index in [4.69, 9.17) is 4.74 Å². The van der Waals surface area contributed by atoms with E-state index >= 15 is 0 Å². The predicted molar refractivity (Wildman–Crippen MR) is 78.4 cm³/mol. The van der Waals surface area contributed by atoms with Gasteiger partial charge < -0.3 is 15.0 Å². The molecular formula is C15H24FN3O. The fraction of sp³-hybridized carbons (Fsp3) is 0.667. The minimum atomic E-state index is -0.283. The molecule has 1 fully saturated rings. The summed E-state index contributed by atoms with van der Waals surface area (Å²) in [5.41, 5.74) is 0.912. The molecule has 0 aliphatic carbocycles. The highest BCUT2D eigenvalue weighted by Crippen LogP contribution is 2.22. The molecule has 2 heterocycles. The van der Waals surface area contributed by atoms with Crippen LogP contribution in [-0.2, 0) is 11.3 Å². The molecule has 1 aliphatic heterocycles. The molecule has 20 heavy (non-hydrogen) atoms. The van der Waals surface area contributed by atoms with Gasteiger partial charge >= 0.3 is 0 Å². The van der Waals surface area contributed by atoms with E-state index in [1.165, 1.54) is 6.20 Å². The van der Waals surface area contributed by atoms with Gasteiger partial charge in [-0.1, -0.05) is 20.8 Å². The van der Waals surface area contributed by atoms with Crippen molar-refractivity contribution in [2.24, 2.45) is 0 Å². The SMILES string of the molecule is CCC1CN(c2ncc(F)cc2CNC(C)C)CCO1. The predicted octanol–water partition coefficient (Wildman–Crippen LogP) is 2.33. The van der Waals surface area contributed by atoms with E-state index in [1.54, 1.807) is 6.07 Å². The zero-order valence-electron chi connectivity index (χ0n) is 12.5. The summed E-state index contributed by atoms with van der Waals surface area (Å²) >= 11 is 0. The number of ether oxygens (including phenoxy) is 1. The number of hydrogen-bond acceptors (Lipinski definition) is 4. The molecular weight excluding hydrogens is 257 g/mol. The standard InChI is InChI=1S/C15H24FN3O/c1-4-14-10-19(5-6-20-14)15-12(8-17-11(2)3)7-13(16)9-18-15/h7,9,11,14,17H,4-6,8,10H2,1-3H3.